The van der Waals surface area contributed by atoms with Crippen molar-refractivity contribution in [1.82, 2.24) is 4.31 Å². The average molecular weight is 443 g/mol. The maximum Gasteiger partial charge on any atom is 0.244 e. The number of ether oxygens (including phenoxy) is 3. The maximum absolute atomic E-state index is 12.5. The van der Waals surface area contributed by atoms with Gasteiger partial charge in [-0.2, -0.15) is 0 Å². The number of amides is 1. The Morgan fingerprint density at radius 2 is 1.62 bits per heavy atom. The molecule has 0 aliphatic carbocycles. The number of carbonyl (C=O) groups is 1. The van der Waals surface area contributed by atoms with Gasteiger partial charge in [-0.3, -0.25) is 4.79 Å². The second kappa shape index (κ2) is 9.34. The highest BCUT2D eigenvalue weighted by atomic mass is 35.5. The molecular weight excluding hydrogens is 420 g/mol. The molecule has 0 spiro atoms. The molecule has 29 heavy (non-hydrogen) atoms. The summed E-state index contributed by atoms with van der Waals surface area (Å²) in [6.07, 6.45) is 0.00903. The van der Waals surface area contributed by atoms with Gasteiger partial charge < -0.3 is 19.5 Å². The van der Waals surface area contributed by atoms with Crippen LogP contribution >= 0.6 is 11.6 Å². The molecule has 0 heterocycles. The zero-order valence-corrected chi connectivity index (χ0v) is 18.3. The van der Waals surface area contributed by atoms with Crippen molar-refractivity contribution in [2.75, 3.05) is 40.7 Å². The Hall–Kier alpha value is -2.49. The van der Waals surface area contributed by atoms with Gasteiger partial charge >= 0.3 is 0 Å². The van der Waals surface area contributed by atoms with Crippen LogP contribution in [0.4, 0.5) is 5.69 Å². The third-order valence-corrected chi connectivity index (χ3v) is 6.36. The molecule has 0 atom stereocenters. The predicted octanol–water partition coefficient (Wildman–Crippen LogP) is 2.80. The first-order valence-corrected chi connectivity index (χ1v) is 10.3. The van der Waals surface area contributed by atoms with Gasteiger partial charge in [0.25, 0.3) is 0 Å². The number of rotatable bonds is 8. The molecule has 0 aliphatic heterocycles. The van der Waals surface area contributed by atoms with Crippen LogP contribution in [0.5, 0.6) is 17.2 Å². The molecule has 2 rings (SSSR count). The van der Waals surface area contributed by atoms with Crippen molar-refractivity contribution in [1.29, 1.82) is 0 Å². The molecule has 0 saturated carbocycles. The molecule has 0 radical (unpaired) electrons. The molecule has 2 aromatic carbocycles. The van der Waals surface area contributed by atoms with Gasteiger partial charge in [-0.15, -0.1) is 0 Å². The minimum absolute atomic E-state index is 0.00903. The van der Waals surface area contributed by atoms with Crippen molar-refractivity contribution in [3.63, 3.8) is 0 Å². The lowest BCUT2D eigenvalue weighted by Gasteiger charge is -2.15. The van der Waals surface area contributed by atoms with Crippen LogP contribution in [0.3, 0.4) is 0 Å². The number of hydrogen-bond donors (Lipinski definition) is 1. The Balaban J connectivity index is 2.26. The van der Waals surface area contributed by atoms with E-state index in [9.17, 15) is 13.2 Å². The molecule has 8 nitrogen and oxygen atoms in total. The highest BCUT2D eigenvalue weighted by Gasteiger charge is 2.22. The number of nitrogens with one attached hydrogen (secondary N) is 1. The molecular formula is C19H23ClN2O6S. The van der Waals surface area contributed by atoms with Crippen LogP contribution in [0.1, 0.15) is 5.56 Å². The Bertz CT molecular complexity index is 983. The summed E-state index contributed by atoms with van der Waals surface area (Å²) in [6.45, 7) is 0. The minimum Gasteiger partial charge on any atom is -0.493 e. The van der Waals surface area contributed by atoms with E-state index in [4.69, 9.17) is 25.8 Å². The van der Waals surface area contributed by atoms with Crippen LogP contribution in [0.15, 0.2) is 35.2 Å². The van der Waals surface area contributed by atoms with Crippen LogP contribution in [0.25, 0.3) is 0 Å². The van der Waals surface area contributed by atoms with E-state index in [2.05, 4.69) is 5.32 Å². The molecule has 0 aromatic heterocycles. The van der Waals surface area contributed by atoms with E-state index in [0.717, 1.165) is 4.31 Å². The smallest absolute Gasteiger partial charge is 0.244 e. The second-order valence-electron chi connectivity index (χ2n) is 6.19. The molecule has 0 unspecified atom stereocenters. The molecule has 0 saturated heterocycles. The number of benzene rings is 2. The topological polar surface area (TPSA) is 94.2 Å². The molecule has 0 fully saturated rings. The lowest BCUT2D eigenvalue weighted by molar-refractivity contribution is -0.115. The number of halogens is 1. The molecule has 10 heteroatoms. The zero-order chi connectivity index (χ0) is 21.8. The van der Waals surface area contributed by atoms with Gasteiger partial charge in [0.1, 0.15) is 4.90 Å². The van der Waals surface area contributed by atoms with Crippen molar-refractivity contribution in [2.45, 2.75) is 11.3 Å². The van der Waals surface area contributed by atoms with E-state index < -0.39 is 10.0 Å². The standard InChI is InChI=1S/C19H23ClN2O6S/c1-22(2)29(24,25)17-11-13(6-7-14(17)20)21-18(23)10-12-8-15(26-3)19(28-5)16(9-12)27-4/h6-9,11H,10H2,1-5H3,(H,21,23). The summed E-state index contributed by atoms with van der Waals surface area (Å²) in [5, 5.41) is 2.75. The van der Waals surface area contributed by atoms with E-state index >= 15 is 0 Å². The summed E-state index contributed by atoms with van der Waals surface area (Å²) in [4.78, 5) is 12.4. The summed E-state index contributed by atoms with van der Waals surface area (Å²) >= 11 is 6.03. The number of carbonyl (C=O) groups excluding carboxylic acids is 1. The minimum atomic E-state index is -3.75. The van der Waals surface area contributed by atoms with Crippen LogP contribution in [0.2, 0.25) is 5.02 Å². The van der Waals surface area contributed by atoms with Gasteiger partial charge in [-0.25, -0.2) is 12.7 Å². The van der Waals surface area contributed by atoms with E-state index in [1.165, 1.54) is 53.6 Å². The Labute approximate surface area is 175 Å². The highest BCUT2D eigenvalue weighted by Crippen LogP contribution is 2.38. The van der Waals surface area contributed by atoms with Gasteiger partial charge in [-0.1, -0.05) is 11.6 Å². The van der Waals surface area contributed by atoms with Gasteiger partial charge in [0.15, 0.2) is 11.5 Å². The third kappa shape index (κ3) is 5.11. The van der Waals surface area contributed by atoms with Crippen LogP contribution < -0.4 is 19.5 Å². The molecule has 1 N–H and O–H groups in total. The monoisotopic (exact) mass is 442 g/mol. The second-order valence-corrected chi connectivity index (χ2v) is 8.72. The van der Waals surface area contributed by atoms with Crippen LogP contribution in [-0.4, -0.2) is 54.1 Å². The summed E-state index contributed by atoms with van der Waals surface area (Å²) in [7, 11) is 3.53. The molecule has 1 amide bonds. The zero-order valence-electron chi connectivity index (χ0n) is 16.8. The van der Waals surface area contributed by atoms with E-state index in [-0.39, 0.29) is 22.2 Å². The highest BCUT2D eigenvalue weighted by molar-refractivity contribution is 7.89. The van der Waals surface area contributed by atoms with Gasteiger partial charge in [0, 0.05) is 19.8 Å². The van der Waals surface area contributed by atoms with Gasteiger partial charge in [0.05, 0.1) is 32.8 Å². The van der Waals surface area contributed by atoms with Gasteiger partial charge in [0.2, 0.25) is 21.7 Å². The summed E-state index contributed by atoms with van der Waals surface area (Å²) in [5.74, 6) is 0.936. The van der Waals surface area contributed by atoms with Crippen LogP contribution in [-0.2, 0) is 21.2 Å². The number of sulfonamides is 1. The summed E-state index contributed by atoms with van der Waals surface area (Å²) < 4.78 is 41.6. The third-order valence-electron chi connectivity index (χ3n) is 4.06. The largest absolute Gasteiger partial charge is 0.493 e. The van der Waals surface area contributed by atoms with Gasteiger partial charge in [-0.05, 0) is 35.9 Å². The van der Waals surface area contributed by atoms with Crippen molar-refractivity contribution in [3.8, 4) is 17.2 Å². The average Bonchev–Trinajstić information content (AvgIpc) is 2.68. The summed E-state index contributed by atoms with van der Waals surface area (Å²) in [6, 6.07) is 7.62. The first-order valence-electron chi connectivity index (χ1n) is 8.44. The number of nitrogens with zero attached hydrogens (tertiary/aromatic N) is 1. The van der Waals surface area contributed by atoms with Crippen LogP contribution in [0, 0.1) is 0 Å². The molecule has 0 bridgehead atoms. The fourth-order valence-corrected chi connectivity index (χ4v) is 4.00. The Morgan fingerprint density at radius 3 is 2.10 bits per heavy atom. The Morgan fingerprint density at radius 1 is 1.03 bits per heavy atom. The van der Waals surface area contributed by atoms with E-state index in [1.54, 1.807) is 12.1 Å². The van der Waals surface area contributed by atoms with E-state index in [0.29, 0.717) is 28.5 Å². The quantitative estimate of drug-likeness (QED) is 0.675. The lowest BCUT2D eigenvalue weighted by Crippen LogP contribution is -2.23. The first kappa shape index (κ1) is 22.8. The molecule has 2 aromatic rings. The van der Waals surface area contributed by atoms with Crippen molar-refractivity contribution >= 4 is 33.2 Å². The first-order chi connectivity index (χ1) is 13.6. The fraction of sp³-hybridized carbons (Fsp3) is 0.316. The van der Waals surface area contributed by atoms with E-state index in [1.807, 2.05) is 0 Å². The van der Waals surface area contributed by atoms with Crippen molar-refractivity contribution < 1.29 is 27.4 Å². The number of methoxy groups -OCH3 is 3. The van der Waals surface area contributed by atoms with Crippen molar-refractivity contribution in [2.24, 2.45) is 0 Å². The number of anilines is 1. The Kier molecular flexibility index (Phi) is 7.34. The predicted molar refractivity (Wildman–Crippen MR) is 111 cm³/mol. The lowest BCUT2D eigenvalue weighted by atomic mass is 10.1. The molecule has 0 aliphatic rings. The fourth-order valence-electron chi connectivity index (χ4n) is 2.60. The SMILES string of the molecule is COc1cc(CC(=O)Nc2ccc(Cl)c(S(=O)(=O)N(C)C)c2)cc(OC)c1OC. The normalized spacial score (nSPS) is 11.3. The summed E-state index contributed by atoms with van der Waals surface area (Å²) in [5.41, 5.74) is 0.944. The van der Waals surface area contributed by atoms with Crippen molar-refractivity contribution in [3.05, 3.63) is 40.9 Å². The molecule has 158 valence electrons. The number of hydrogen-bond acceptors (Lipinski definition) is 6. The maximum atomic E-state index is 12.5.